The molecule has 5 aromatic rings. The Balaban J connectivity index is 1.50. The third-order valence-electron chi connectivity index (χ3n) is 4.77. The highest BCUT2D eigenvalue weighted by Crippen LogP contribution is 2.24. The zero-order valence-electron chi connectivity index (χ0n) is 17.0. The Kier molecular flexibility index (Phi) is 4.86. The van der Waals surface area contributed by atoms with Crippen LogP contribution in [0.3, 0.4) is 0 Å². The lowest BCUT2D eigenvalue weighted by atomic mass is 10.2. The summed E-state index contributed by atoms with van der Waals surface area (Å²) in [5.74, 6) is -0.270. The number of nitrogens with zero attached hydrogens (tertiary/aromatic N) is 7. The van der Waals surface area contributed by atoms with Gasteiger partial charge < -0.3 is 5.32 Å². The fourth-order valence-electron chi connectivity index (χ4n) is 3.33. The molecule has 5 heterocycles. The maximum atomic E-state index is 13.0. The fraction of sp³-hybridized carbons (Fsp3) is 0.0909. The van der Waals surface area contributed by atoms with Gasteiger partial charge in [-0.3, -0.25) is 4.79 Å². The van der Waals surface area contributed by atoms with Crippen LogP contribution >= 0.6 is 0 Å². The number of fused-ring (bicyclic) bond motifs is 1. The number of hydrogen-bond donors (Lipinski definition) is 1. The van der Waals surface area contributed by atoms with Crippen LogP contribution in [0.2, 0.25) is 0 Å². The Bertz CT molecular complexity index is 1420. The molecule has 9 nitrogen and oxygen atoms in total. The van der Waals surface area contributed by atoms with Crippen molar-refractivity contribution in [2.45, 2.75) is 13.3 Å². The molecule has 32 heavy (non-hydrogen) atoms. The first-order chi connectivity index (χ1) is 15.5. The minimum atomic E-state index is -0.610. The van der Waals surface area contributed by atoms with Gasteiger partial charge in [0.1, 0.15) is 6.33 Å². The van der Waals surface area contributed by atoms with Gasteiger partial charge >= 0.3 is 0 Å². The van der Waals surface area contributed by atoms with Crippen molar-refractivity contribution in [2.75, 3.05) is 5.32 Å². The van der Waals surface area contributed by atoms with E-state index in [1.54, 1.807) is 9.20 Å². The monoisotopic (exact) mass is 428 g/mol. The lowest BCUT2D eigenvalue weighted by Gasteiger charge is -2.07. The highest BCUT2D eigenvalue weighted by Gasteiger charge is 2.16. The zero-order chi connectivity index (χ0) is 22.1. The molecular formula is C22H17FN8O. The number of pyridine rings is 3. The summed E-state index contributed by atoms with van der Waals surface area (Å²) in [6, 6.07) is 13.9. The van der Waals surface area contributed by atoms with Crippen molar-refractivity contribution >= 4 is 17.2 Å². The Morgan fingerprint density at radius 1 is 1.12 bits per heavy atom. The van der Waals surface area contributed by atoms with Gasteiger partial charge in [0.25, 0.3) is 0 Å². The lowest BCUT2D eigenvalue weighted by Crippen LogP contribution is -2.15. The van der Waals surface area contributed by atoms with Gasteiger partial charge in [-0.2, -0.15) is 14.6 Å². The Hall–Kier alpha value is -4.47. The van der Waals surface area contributed by atoms with Crippen LogP contribution in [-0.4, -0.2) is 40.3 Å². The first kappa shape index (κ1) is 19.5. The van der Waals surface area contributed by atoms with Gasteiger partial charge in [0.2, 0.25) is 11.9 Å². The van der Waals surface area contributed by atoms with E-state index in [0.717, 1.165) is 22.6 Å². The molecule has 0 aliphatic carbocycles. The number of halogens is 1. The van der Waals surface area contributed by atoms with E-state index in [-0.39, 0.29) is 12.3 Å². The highest BCUT2D eigenvalue weighted by atomic mass is 19.1. The Labute approximate surface area is 181 Å². The quantitative estimate of drug-likeness (QED) is 0.432. The molecule has 1 N–H and O–H groups in total. The highest BCUT2D eigenvalue weighted by molar-refractivity contribution is 5.92. The fourth-order valence-corrected chi connectivity index (χ4v) is 3.33. The summed E-state index contributed by atoms with van der Waals surface area (Å²) in [4.78, 5) is 24.8. The number of carbonyl (C=O) groups excluding carboxylic acids is 1. The number of amides is 1. The van der Waals surface area contributed by atoms with Crippen molar-refractivity contribution in [3.63, 3.8) is 0 Å². The number of aromatic nitrogens is 7. The van der Waals surface area contributed by atoms with E-state index < -0.39 is 5.95 Å². The molecule has 1 amide bonds. The summed E-state index contributed by atoms with van der Waals surface area (Å²) < 4.78 is 16.4. The van der Waals surface area contributed by atoms with E-state index in [1.807, 2.05) is 49.5 Å². The third kappa shape index (κ3) is 3.93. The number of nitrogens with one attached hydrogen (secondary N) is 1. The molecule has 0 saturated carbocycles. The van der Waals surface area contributed by atoms with Crippen molar-refractivity contribution in [2.24, 2.45) is 0 Å². The average molecular weight is 428 g/mol. The summed E-state index contributed by atoms with van der Waals surface area (Å²) in [5, 5.41) is 11.5. The molecule has 5 aromatic heterocycles. The van der Waals surface area contributed by atoms with E-state index in [0.29, 0.717) is 17.2 Å². The minimum Gasteiger partial charge on any atom is -0.324 e. The van der Waals surface area contributed by atoms with E-state index in [9.17, 15) is 9.18 Å². The molecule has 0 bridgehead atoms. The van der Waals surface area contributed by atoms with Gasteiger partial charge in [-0.15, -0.1) is 0 Å². The van der Waals surface area contributed by atoms with Crippen LogP contribution in [0.15, 0.2) is 67.3 Å². The summed E-state index contributed by atoms with van der Waals surface area (Å²) in [6.07, 6.45) is 4.62. The van der Waals surface area contributed by atoms with E-state index in [1.165, 1.54) is 24.7 Å². The van der Waals surface area contributed by atoms with Gasteiger partial charge in [-0.05, 0) is 49.4 Å². The van der Waals surface area contributed by atoms with Crippen LogP contribution < -0.4 is 5.32 Å². The Morgan fingerprint density at radius 2 is 2.03 bits per heavy atom. The molecule has 0 aromatic carbocycles. The van der Waals surface area contributed by atoms with Crippen LogP contribution in [0.4, 0.5) is 10.1 Å². The molecule has 0 radical (unpaired) electrons. The second-order valence-corrected chi connectivity index (χ2v) is 7.15. The summed E-state index contributed by atoms with van der Waals surface area (Å²) in [7, 11) is 0. The van der Waals surface area contributed by atoms with Crippen LogP contribution in [0.1, 0.15) is 11.4 Å². The molecule has 0 aliphatic rings. The van der Waals surface area contributed by atoms with E-state index in [4.69, 9.17) is 0 Å². The smallest absolute Gasteiger partial charge is 0.230 e. The topological polar surface area (TPSA) is 103 Å². The van der Waals surface area contributed by atoms with Crippen molar-refractivity contribution in [1.82, 2.24) is 34.3 Å². The summed E-state index contributed by atoms with van der Waals surface area (Å²) in [5.41, 5.74) is 4.13. The van der Waals surface area contributed by atoms with Gasteiger partial charge in [0.15, 0.2) is 11.5 Å². The molecule has 10 heteroatoms. The molecule has 0 aliphatic heterocycles. The van der Waals surface area contributed by atoms with Crippen molar-refractivity contribution in [3.8, 4) is 17.1 Å². The number of rotatable bonds is 5. The van der Waals surface area contributed by atoms with E-state index in [2.05, 4.69) is 30.5 Å². The maximum Gasteiger partial charge on any atom is 0.230 e. The third-order valence-corrected chi connectivity index (χ3v) is 4.77. The predicted molar refractivity (Wildman–Crippen MR) is 115 cm³/mol. The van der Waals surface area contributed by atoms with Crippen molar-refractivity contribution in [1.29, 1.82) is 0 Å². The van der Waals surface area contributed by atoms with Gasteiger partial charge in [-0.1, -0.05) is 6.07 Å². The molecular weight excluding hydrogens is 411 g/mol. The zero-order valence-corrected chi connectivity index (χ0v) is 17.0. The number of carbonyl (C=O) groups is 1. The van der Waals surface area contributed by atoms with Gasteiger partial charge in [0.05, 0.1) is 29.7 Å². The van der Waals surface area contributed by atoms with Crippen LogP contribution in [0, 0.1) is 12.9 Å². The van der Waals surface area contributed by atoms with Gasteiger partial charge in [-0.25, -0.2) is 24.1 Å². The minimum absolute atomic E-state index is 0.0226. The van der Waals surface area contributed by atoms with Crippen LogP contribution in [0.25, 0.3) is 22.7 Å². The maximum absolute atomic E-state index is 13.0. The number of hydrogen-bond acceptors (Lipinski definition) is 6. The standard InChI is InChI=1S/C22H17FN8O/c1-14-3-2-4-21(27-14)31-18(15-5-8-20-25-13-26-30(20)12-15)9-17(29-31)10-22(32)28-16-6-7-19(23)24-11-16/h2-9,11-13H,10H2,1H3,(H,28,32). The van der Waals surface area contributed by atoms with Gasteiger partial charge in [0, 0.05) is 17.5 Å². The molecule has 0 unspecified atom stereocenters. The first-order valence-electron chi connectivity index (χ1n) is 9.79. The van der Waals surface area contributed by atoms with Crippen molar-refractivity contribution in [3.05, 3.63) is 84.6 Å². The van der Waals surface area contributed by atoms with Crippen LogP contribution in [-0.2, 0) is 11.2 Å². The molecule has 5 rings (SSSR count). The summed E-state index contributed by atoms with van der Waals surface area (Å²) in [6.45, 7) is 1.90. The van der Waals surface area contributed by atoms with Crippen LogP contribution in [0.5, 0.6) is 0 Å². The van der Waals surface area contributed by atoms with Crippen molar-refractivity contribution < 1.29 is 9.18 Å². The second-order valence-electron chi connectivity index (χ2n) is 7.15. The second kappa shape index (κ2) is 7.99. The average Bonchev–Trinajstić information content (AvgIpc) is 3.41. The SMILES string of the molecule is Cc1cccc(-n2nc(CC(=O)Nc3ccc(F)nc3)cc2-c2ccc3ncnn3c2)n1. The lowest BCUT2D eigenvalue weighted by molar-refractivity contribution is -0.115. The predicted octanol–water partition coefficient (Wildman–Crippen LogP) is 3.00. The summed E-state index contributed by atoms with van der Waals surface area (Å²) >= 11 is 0. The first-order valence-corrected chi connectivity index (χ1v) is 9.79. The Morgan fingerprint density at radius 3 is 2.84 bits per heavy atom. The largest absolute Gasteiger partial charge is 0.324 e. The molecule has 0 fully saturated rings. The number of anilines is 1. The number of aryl methyl sites for hydroxylation is 1. The molecule has 0 spiro atoms. The van der Waals surface area contributed by atoms with E-state index >= 15 is 0 Å². The molecule has 0 saturated heterocycles. The molecule has 0 atom stereocenters. The normalized spacial score (nSPS) is 11.1. The molecule has 158 valence electrons.